The molecule has 0 spiro atoms. The summed E-state index contributed by atoms with van der Waals surface area (Å²) in [5.74, 6) is -1.28. The van der Waals surface area contributed by atoms with Crippen LogP contribution in [0.25, 0.3) is 22.3 Å². The van der Waals surface area contributed by atoms with Gasteiger partial charge >= 0.3 is 0 Å². The zero-order valence-corrected chi connectivity index (χ0v) is 11.1. The van der Waals surface area contributed by atoms with Crippen molar-refractivity contribution in [2.75, 3.05) is 5.73 Å². The van der Waals surface area contributed by atoms with Crippen LogP contribution in [0.5, 0.6) is 5.75 Å². The smallest absolute Gasteiger partial charge is 0.222 e. The number of fused-ring (bicyclic) bond motifs is 1. The van der Waals surface area contributed by atoms with E-state index in [1.54, 1.807) is 7.05 Å². The molecule has 0 aliphatic carbocycles. The van der Waals surface area contributed by atoms with Gasteiger partial charge < -0.3 is 10.8 Å². The predicted octanol–water partition coefficient (Wildman–Crippen LogP) is 2.11. The van der Waals surface area contributed by atoms with Crippen LogP contribution in [-0.4, -0.2) is 24.9 Å². The summed E-state index contributed by atoms with van der Waals surface area (Å²) < 4.78 is 15.1. The number of nitrogen functional groups attached to an aromatic ring is 1. The average Bonchev–Trinajstić information content (AvgIpc) is 2.72. The molecule has 0 amide bonds. The van der Waals surface area contributed by atoms with E-state index in [0.717, 1.165) is 6.07 Å². The molecule has 3 aromatic rings. The highest BCUT2D eigenvalue weighted by atomic mass is 35.5. The van der Waals surface area contributed by atoms with E-state index in [4.69, 9.17) is 17.3 Å². The summed E-state index contributed by atoms with van der Waals surface area (Å²) in [5.41, 5.74) is 6.94. The molecule has 0 fully saturated rings. The van der Waals surface area contributed by atoms with Crippen molar-refractivity contribution in [2.24, 2.45) is 7.05 Å². The Morgan fingerprint density at radius 1 is 1.40 bits per heavy atom. The summed E-state index contributed by atoms with van der Waals surface area (Å²) in [5, 5.41) is 14.1. The number of nitrogens with zero attached hydrogens (tertiary/aromatic N) is 4. The second-order valence-electron chi connectivity index (χ2n) is 4.23. The largest absolute Gasteiger partial charge is 0.504 e. The molecule has 0 unspecified atom stereocenters. The van der Waals surface area contributed by atoms with Gasteiger partial charge in [0.15, 0.2) is 17.2 Å². The maximum Gasteiger partial charge on any atom is 0.222 e. The zero-order valence-electron chi connectivity index (χ0n) is 10.3. The molecule has 0 atom stereocenters. The molecule has 3 rings (SSSR count). The van der Waals surface area contributed by atoms with Gasteiger partial charge in [0.1, 0.15) is 5.69 Å². The van der Waals surface area contributed by atoms with E-state index >= 15 is 0 Å². The summed E-state index contributed by atoms with van der Waals surface area (Å²) >= 11 is 5.78. The number of aryl methyl sites for hydroxylation is 1. The Morgan fingerprint density at radius 2 is 2.15 bits per heavy atom. The number of phenols is 1. The van der Waals surface area contributed by atoms with Crippen LogP contribution in [0.1, 0.15) is 0 Å². The molecule has 0 radical (unpaired) electrons. The fourth-order valence-corrected chi connectivity index (χ4v) is 2.17. The van der Waals surface area contributed by atoms with E-state index in [2.05, 4.69) is 15.1 Å². The molecule has 8 heteroatoms. The zero-order chi connectivity index (χ0) is 14.4. The van der Waals surface area contributed by atoms with Crippen LogP contribution >= 0.6 is 11.6 Å². The van der Waals surface area contributed by atoms with Crippen molar-refractivity contribution in [3.05, 3.63) is 29.2 Å². The number of hydrogen-bond donors (Lipinski definition) is 2. The SMILES string of the molecule is Cn1nc(-c2cc(F)c(O)c(Cl)c2)c2cnc(N)nc21. The van der Waals surface area contributed by atoms with Crippen molar-refractivity contribution in [2.45, 2.75) is 0 Å². The van der Waals surface area contributed by atoms with Crippen molar-refractivity contribution in [3.63, 3.8) is 0 Å². The van der Waals surface area contributed by atoms with Crippen molar-refractivity contribution in [1.82, 2.24) is 19.7 Å². The maximum absolute atomic E-state index is 13.6. The number of anilines is 1. The first-order valence-electron chi connectivity index (χ1n) is 5.61. The van der Waals surface area contributed by atoms with Crippen LogP contribution in [0.4, 0.5) is 10.3 Å². The topological polar surface area (TPSA) is 89.8 Å². The van der Waals surface area contributed by atoms with Gasteiger partial charge in [-0.25, -0.2) is 14.1 Å². The number of nitrogens with two attached hydrogens (primary N) is 1. The van der Waals surface area contributed by atoms with Gasteiger partial charge in [-0.1, -0.05) is 11.6 Å². The van der Waals surface area contributed by atoms with Crippen LogP contribution in [0.15, 0.2) is 18.3 Å². The van der Waals surface area contributed by atoms with Gasteiger partial charge in [0.05, 0.1) is 10.4 Å². The second-order valence-corrected chi connectivity index (χ2v) is 4.63. The molecule has 20 heavy (non-hydrogen) atoms. The lowest BCUT2D eigenvalue weighted by Gasteiger charge is -2.02. The lowest BCUT2D eigenvalue weighted by atomic mass is 10.1. The van der Waals surface area contributed by atoms with Crippen LogP contribution in [0.2, 0.25) is 5.02 Å². The van der Waals surface area contributed by atoms with Gasteiger partial charge in [0.25, 0.3) is 0 Å². The molecule has 0 saturated carbocycles. The van der Waals surface area contributed by atoms with E-state index in [0.29, 0.717) is 22.3 Å². The maximum atomic E-state index is 13.6. The molecule has 1 aromatic carbocycles. The molecule has 0 bridgehead atoms. The molecule has 0 aliphatic heterocycles. The molecular formula is C12H9ClFN5O. The van der Waals surface area contributed by atoms with E-state index in [1.165, 1.54) is 16.9 Å². The van der Waals surface area contributed by atoms with E-state index in [1.807, 2.05) is 0 Å². The summed E-state index contributed by atoms with van der Waals surface area (Å²) in [6.07, 6.45) is 1.51. The normalized spacial score (nSPS) is 11.2. The molecular weight excluding hydrogens is 285 g/mol. The molecule has 6 nitrogen and oxygen atoms in total. The fourth-order valence-electron chi connectivity index (χ4n) is 1.97. The lowest BCUT2D eigenvalue weighted by Crippen LogP contribution is -1.97. The summed E-state index contributed by atoms with van der Waals surface area (Å²) in [4.78, 5) is 7.98. The molecule has 102 valence electrons. The van der Waals surface area contributed by atoms with Gasteiger partial charge in [0.2, 0.25) is 5.95 Å². The van der Waals surface area contributed by atoms with Gasteiger partial charge in [-0.3, -0.25) is 0 Å². The monoisotopic (exact) mass is 293 g/mol. The third-order valence-corrected chi connectivity index (χ3v) is 3.18. The van der Waals surface area contributed by atoms with Gasteiger partial charge in [-0.2, -0.15) is 10.1 Å². The van der Waals surface area contributed by atoms with Gasteiger partial charge in [0, 0.05) is 18.8 Å². The highest BCUT2D eigenvalue weighted by molar-refractivity contribution is 6.32. The van der Waals surface area contributed by atoms with Crippen molar-refractivity contribution >= 4 is 28.6 Å². The average molecular weight is 294 g/mol. The first-order chi connectivity index (χ1) is 9.47. The number of halogens is 2. The van der Waals surface area contributed by atoms with Crippen LogP contribution < -0.4 is 5.73 Å². The summed E-state index contributed by atoms with van der Waals surface area (Å²) in [7, 11) is 1.69. The minimum atomic E-state index is -0.817. The van der Waals surface area contributed by atoms with Crippen LogP contribution in [0.3, 0.4) is 0 Å². The van der Waals surface area contributed by atoms with Gasteiger partial charge in [-0.05, 0) is 12.1 Å². The molecule has 0 saturated heterocycles. The van der Waals surface area contributed by atoms with Crippen LogP contribution in [0, 0.1) is 5.82 Å². The highest BCUT2D eigenvalue weighted by Gasteiger charge is 2.16. The minimum absolute atomic E-state index is 0.0878. The van der Waals surface area contributed by atoms with Crippen molar-refractivity contribution in [1.29, 1.82) is 0 Å². The Labute approximate surface area is 117 Å². The third kappa shape index (κ3) is 1.83. The van der Waals surface area contributed by atoms with Crippen molar-refractivity contribution in [3.8, 4) is 17.0 Å². The third-order valence-electron chi connectivity index (χ3n) is 2.89. The number of benzene rings is 1. The number of aromatic hydroxyl groups is 1. The summed E-state index contributed by atoms with van der Waals surface area (Å²) in [6.45, 7) is 0. The van der Waals surface area contributed by atoms with E-state index in [9.17, 15) is 9.50 Å². The molecule has 0 aliphatic rings. The number of hydrogen-bond acceptors (Lipinski definition) is 5. The van der Waals surface area contributed by atoms with Crippen LogP contribution in [-0.2, 0) is 7.05 Å². The molecule has 2 aromatic heterocycles. The van der Waals surface area contributed by atoms with Crippen molar-refractivity contribution < 1.29 is 9.50 Å². The Bertz CT molecular complexity index is 809. The first-order valence-corrected chi connectivity index (χ1v) is 5.99. The lowest BCUT2D eigenvalue weighted by molar-refractivity contribution is 0.433. The van der Waals surface area contributed by atoms with Gasteiger partial charge in [-0.15, -0.1) is 0 Å². The van der Waals surface area contributed by atoms with E-state index in [-0.39, 0.29) is 11.0 Å². The Kier molecular flexibility index (Phi) is 2.72. The minimum Gasteiger partial charge on any atom is -0.504 e. The predicted molar refractivity (Wildman–Crippen MR) is 72.8 cm³/mol. The standard InChI is InChI=1S/C12H9ClFN5O/c1-19-11-6(4-16-12(15)17-11)9(18-19)5-2-7(13)10(20)8(14)3-5/h2-4,20H,1H3,(H2,15,16,17). The molecule has 2 heterocycles. The quantitative estimate of drug-likeness (QED) is 0.717. The highest BCUT2D eigenvalue weighted by Crippen LogP contribution is 2.34. The fraction of sp³-hybridized carbons (Fsp3) is 0.0833. The Morgan fingerprint density at radius 3 is 2.85 bits per heavy atom. The number of phenolic OH excluding ortho intramolecular Hbond substituents is 1. The Balaban J connectivity index is 2.30. The second kappa shape index (κ2) is 4.31. The number of rotatable bonds is 1. The Hall–Kier alpha value is -2.41. The first kappa shape index (κ1) is 12.6. The summed E-state index contributed by atoms with van der Waals surface area (Å²) in [6, 6.07) is 2.58. The molecule has 3 N–H and O–H groups in total. The van der Waals surface area contributed by atoms with E-state index < -0.39 is 11.6 Å². The number of aromatic nitrogens is 4.